The average molecular weight is 387 g/mol. The van der Waals surface area contributed by atoms with Gasteiger partial charge in [0, 0.05) is 5.56 Å². The fourth-order valence-electron chi connectivity index (χ4n) is 2.44. The van der Waals surface area contributed by atoms with Crippen LogP contribution in [0.25, 0.3) is 0 Å². The Morgan fingerprint density at radius 3 is 2.56 bits per heavy atom. The molecule has 0 atom stereocenters. The molecule has 0 spiro atoms. The third-order valence-electron chi connectivity index (χ3n) is 3.68. The van der Waals surface area contributed by atoms with Gasteiger partial charge in [-0.15, -0.1) is 0 Å². The highest BCUT2D eigenvalue weighted by molar-refractivity contribution is 7.92. The Bertz CT molecular complexity index is 859. The van der Waals surface area contributed by atoms with E-state index in [1.165, 1.54) is 13.2 Å². The van der Waals surface area contributed by atoms with E-state index in [2.05, 4.69) is 0 Å². The van der Waals surface area contributed by atoms with Crippen molar-refractivity contribution >= 4 is 33.0 Å². The van der Waals surface area contributed by atoms with Gasteiger partial charge in [0.15, 0.2) is 0 Å². The first kappa shape index (κ1) is 19.3. The molecule has 5 nitrogen and oxygen atoms in total. The predicted molar refractivity (Wildman–Crippen MR) is 99.1 cm³/mol. The van der Waals surface area contributed by atoms with Crippen molar-refractivity contribution in [2.45, 2.75) is 19.9 Å². The summed E-state index contributed by atoms with van der Waals surface area (Å²) in [6.45, 7) is 1.76. The standard InChI is InChI=1S/C17H20ClFN2O3S/c1-3-10-25(22,23)21(11-12-6-4-5-7-15(12)24-2)14-9-8-13(19)17(20)16(14)18/h4-9H,3,10-11,20H2,1-2H3. The number of halogens is 2. The summed E-state index contributed by atoms with van der Waals surface area (Å²) in [5.41, 5.74) is 6.15. The Hall–Kier alpha value is -1.99. The van der Waals surface area contributed by atoms with E-state index in [0.29, 0.717) is 17.7 Å². The summed E-state index contributed by atoms with van der Waals surface area (Å²) in [6.07, 6.45) is 0.430. The summed E-state index contributed by atoms with van der Waals surface area (Å²) >= 11 is 6.14. The van der Waals surface area contributed by atoms with E-state index in [9.17, 15) is 12.8 Å². The molecule has 0 aliphatic carbocycles. The maximum atomic E-state index is 13.6. The molecule has 2 rings (SSSR count). The third-order valence-corrected chi connectivity index (χ3v) is 6.00. The summed E-state index contributed by atoms with van der Waals surface area (Å²) in [5, 5.41) is -0.130. The number of hydrogen-bond donors (Lipinski definition) is 1. The number of nitrogens with zero attached hydrogens (tertiary/aromatic N) is 1. The van der Waals surface area contributed by atoms with Crippen molar-refractivity contribution in [3.05, 3.63) is 52.8 Å². The molecular weight excluding hydrogens is 367 g/mol. The molecular formula is C17H20ClFN2O3S. The van der Waals surface area contributed by atoms with Crippen LogP contribution in [-0.2, 0) is 16.6 Å². The number of nitrogen functional groups attached to an aromatic ring is 1. The number of hydrogen-bond acceptors (Lipinski definition) is 4. The van der Waals surface area contributed by atoms with Crippen LogP contribution in [0, 0.1) is 5.82 Å². The molecule has 8 heteroatoms. The second-order valence-electron chi connectivity index (χ2n) is 5.43. The lowest BCUT2D eigenvalue weighted by Gasteiger charge is -2.26. The monoisotopic (exact) mass is 386 g/mol. The lowest BCUT2D eigenvalue weighted by molar-refractivity contribution is 0.410. The summed E-state index contributed by atoms with van der Waals surface area (Å²) in [5.74, 6) is -0.222. The van der Waals surface area contributed by atoms with Gasteiger partial charge in [0.25, 0.3) is 0 Å². The fourth-order valence-corrected chi connectivity index (χ4v) is 4.27. The normalized spacial score (nSPS) is 11.4. The molecule has 25 heavy (non-hydrogen) atoms. The number of sulfonamides is 1. The Kier molecular flexibility index (Phi) is 6.13. The molecule has 0 heterocycles. The number of rotatable bonds is 7. The number of para-hydroxylation sites is 1. The number of benzene rings is 2. The Labute approximate surface area is 152 Å². The maximum absolute atomic E-state index is 13.6. The van der Waals surface area contributed by atoms with E-state index in [1.54, 1.807) is 31.2 Å². The SMILES string of the molecule is CCCS(=O)(=O)N(Cc1ccccc1OC)c1ccc(F)c(N)c1Cl. The average Bonchev–Trinajstić information content (AvgIpc) is 2.58. The molecule has 0 aliphatic heterocycles. The van der Waals surface area contributed by atoms with Crippen LogP contribution in [0.3, 0.4) is 0 Å². The summed E-state index contributed by atoms with van der Waals surface area (Å²) in [4.78, 5) is 0. The van der Waals surface area contributed by atoms with Gasteiger partial charge in [0.2, 0.25) is 10.0 Å². The fraction of sp³-hybridized carbons (Fsp3) is 0.294. The number of nitrogens with two attached hydrogens (primary N) is 1. The van der Waals surface area contributed by atoms with E-state index in [0.717, 1.165) is 10.4 Å². The lowest BCUT2D eigenvalue weighted by Crippen LogP contribution is -2.33. The zero-order chi connectivity index (χ0) is 18.6. The van der Waals surface area contributed by atoms with Gasteiger partial charge in [-0.2, -0.15) is 0 Å². The lowest BCUT2D eigenvalue weighted by atomic mass is 10.2. The first-order valence-corrected chi connectivity index (χ1v) is 9.66. The van der Waals surface area contributed by atoms with Crippen LogP contribution in [-0.4, -0.2) is 21.3 Å². The van der Waals surface area contributed by atoms with Crippen molar-refractivity contribution < 1.29 is 17.5 Å². The van der Waals surface area contributed by atoms with Crippen molar-refractivity contribution in [2.24, 2.45) is 0 Å². The smallest absolute Gasteiger partial charge is 0.235 e. The Morgan fingerprint density at radius 2 is 1.92 bits per heavy atom. The van der Waals surface area contributed by atoms with Crippen molar-refractivity contribution in [1.82, 2.24) is 0 Å². The summed E-state index contributed by atoms with van der Waals surface area (Å²) in [6, 6.07) is 9.48. The molecule has 2 N–H and O–H groups in total. The van der Waals surface area contributed by atoms with Gasteiger partial charge in [-0.05, 0) is 24.6 Å². The molecule has 0 unspecified atom stereocenters. The Balaban J connectivity index is 2.57. The molecule has 136 valence electrons. The van der Waals surface area contributed by atoms with E-state index in [-0.39, 0.29) is 28.7 Å². The van der Waals surface area contributed by atoms with E-state index in [1.807, 2.05) is 0 Å². The van der Waals surface area contributed by atoms with Gasteiger partial charge in [0.1, 0.15) is 11.6 Å². The minimum absolute atomic E-state index is 0.00284. The van der Waals surface area contributed by atoms with Gasteiger partial charge in [-0.25, -0.2) is 12.8 Å². The highest BCUT2D eigenvalue weighted by Crippen LogP contribution is 2.36. The van der Waals surface area contributed by atoms with Crippen LogP contribution >= 0.6 is 11.6 Å². The molecule has 0 saturated heterocycles. The molecule has 0 saturated carbocycles. The topological polar surface area (TPSA) is 72.6 Å². The maximum Gasteiger partial charge on any atom is 0.235 e. The summed E-state index contributed by atoms with van der Waals surface area (Å²) < 4.78 is 45.6. The highest BCUT2D eigenvalue weighted by atomic mass is 35.5. The molecule has 0 fully saturated rings. The van der Waals surface area contributed by atoms with Gasteiger partial charge in [0.05, 0.1) is 35.8 Å². The third kappa shape index (κ3) is 4.16. The van der Waals surface area contributed by atoms with Crippen molar-refractivity contribution in [2.75, 3.05) is 22.9 Å². The van der Waals surface area contributed by atoms with Gasteiger partial charge in [-0.3, -0.25) is 4.31 Å². The van der Waals surface area contributed by atoms with Crippen LogP contribution in [0.2, 0.25) is 5.02 Å². The zero-order valence-electron chi connectivity index (χ0n) is 14.0. The largest absolute Gasteiger partial charge is 0.496 e. The van der Waals surface area contributed by atoms with Gasteiger partial charge in [-0.1, -0.05) is 36.7 Å². The predicted octanol–water partition coefficient (Wildman–Crippen LogP) is 3.82. The quantitative estimate of drug-likeness (QED) is 0.734. The summed E-state index contributed by atoms with van der Waals surface area (Å²) in [7, 11) is -2.18. The first-order chi connectivity index (χ1) is 11.8. The Morgan fingerprint density at radius 1 is 1.24 bits per heavy atom. The number of anilines is 2. The number of methoxy groups -OCH3 is 1. The van der Waals surface area contributed by atoms with Crippen molar-refractivity contribution in [1.29, 1.82) is 0 Å². The second kappa shape index (κ2) is 7.93. The molecule has 0 bridgehead atoms. The zero-order valence-corrected chi connectivity index (χ0v) is 15.6. The van der Waals surface area contributed by atoms with Gasteiger partial charge >= 0.3 is 0 Å². The minimum atomic E-state index is -3.69. The van der Waals surface area contributed by atoms with Crippen molar-refractivity contribution in [3.63, 3.8) is 0 Å². The minimum Gasteiger partial charge on any atom is -0.496 e. The molecule has 0 aromatic heterocycles. The van der Waals surface area contributed by atoms with Crippen molar-refractivity contribution in [3.8, 4) is 5.75 Å². The van der Waals surface area contributed by atoms with Crippen LogP contribution in [0.15, 0.2) is 36.4 Å². The van der Waals surface area contributed by atoms with Crippen LogP contribution in [0.4, 0.5) is 15.8 Å². The highest BCUT2D eigenvalue weighted by Gasteiger charge is 2.26. The van der Waals surface area contributed by atoms with E-state index >= 15 is 0 Å². The number of ether oxygens (including phenoxy) is 1. The van der Waals surface area contributed by atoms with Gasteiger partial charge < -0.3 is 10.5 Å². The first-order valence-electron chi connectivity index (χ1n) is 7.67. The van der Waals surface area contributed by atoms with Crippen LogP contribution in [0.1, 0.15) is 18.9 Å². The molecule has 2 aromatic carbocycles. The molecule has 2 aromatic rings. The van der Waals surface area contributed by atoms with Crippen LogP contribution in [0.5, 0.6) is 5.75 Å². The molecule has 0 aliphatic rings. The second-order valence-corrected chi connectivity index (χ2v) is 7.82. The molecule has 0 radical (unpaired) electrons. The van der Waals surface area contributed by atoms with Crippen LogP contribution < -0.4 is 14.8 Å². The molecule has 0 amide bonds. The van der Waals surface area contributed by atoms with E-state index < -0.39 is 15.8 Å². The van der Waals surface area contributed by atoms with E-state index in [4.69, 9.17) is 22.1 Å².